The minimum atomic E-state index is -4.42. The predicted molar refractivity (Wildman–Crippen MR) is 86.2 cm³/mol. The summed E-state index contributed by atoms with van der Waals surface area (Å²) in [6.45, 7) is 5.79. The molecule has 1 aliphatic rings. The summed E-state index contributed by atoms with van der Waals surface area (Å²) >= 11 is 0.610. The summed E-state index contributed by atoms with van der Waals surface area (Å²) in [5.41, 5.74) is 2.07. The number of hydrogen-bond donors (Lipinski definition) is 0. The van der Waals surface area contributed by atoms with Crippen molar-refractivity contribution in [2.45, 2.75) is 19.5 Å². The molecule has 0 atom stereocenters. The fraction of sp³-hybridized carbons (Fsp3) is 0.533. The number of pyridine rings is 1. The van der Waals surface area contributed by atoms with Gasteiger partial charge in [-0.15, -0.1) is 10.2 Å². The molecule has 3 rings (SSSR count). The Morgan fingerprint density at radius 1 is 1.12 bits per heavy atom. The summed E-state index contributed by atoms with van der Waals surface area (Å²) in [6, 6.07) is 5.99. The van der Waals surface area contributed by atoms with Crippen molar-refractivity contribution in [2.24, 2.45) is 0 Å². The number of anilines is 1. The van der Waals surface area contributed by atoms with Crippen LogP contribution in [-0.2, 0) is 12.6 Å². The van der Waals surface area contributed by atoms with Gasteiger partial charge in [-0.25, -0.2) is 0 Å². The van der Waals surface area contributed by atoms with E-state index in [1.54, 1.807) is 0 Å². The molecular formula is C15H18F3N5S. The Bertz CT molecular complexity index is 680. The molecule has 0 spiro atoms. The topological polar surface area (TPSA) is 45.2 Å². The van der Waals surface area contributed by atoms with Crippen LogP contribution in [0.5, 0.6) is 0 Å². The molecule has 0 aromatic carbocycles. The smallest absolute Gasteiger partial charge is 0.344 e. The van der Waals surface area contributed by atoms with E-state index in [4.69, 9.17) is 0 Å². The van der Waals surface area contributed by atoms with Crippen molar-refractivity contribution in [3.63, 3.8) is 0 Å². The lowest BCUT2D eigenvalue weighted by Gasteiger charge is -2.34. The molecule has 3 heterocycles. The molecule has 9 heteroatoms. The summed E-state index contributed by atoms with van der Waals surface area (Å²) in [5.74, 6) is 0. The summed E-state index contributed by atoms with van der Waals surface area (Å²) < 4.78 is 37.8. The largest absolute Gasteiger partial charge is 0.445 e. The van der Waals surface area contributed by atoms with Gasteiger partial charge < -0.3 is 4.90 Å². The van der Waals surface area contributed by atoms with Crippen molar-refractivity contribution < 1.29 is 13.2 Å². The van der Waals surface area contributed by atoms with Crippen LogP contribution >= 0.6 is 11.3 Å². The average molecular weight is 357 g/mol. The Balaban J connectivity index is 1.50. The van der Waals surface area contributed by atoms with Crippen molar-refractivity contribution in [3.05, 3.63) is 34.6 Å². The second kappa shape index (κ2) is 7.02. The Morgan fingerprint density at radius 3 is 2.50 bits per heavy atom. The number of rotatable bonds is 4. The highest BCUT2D eigenvalue weighted by atomic mass is 32.1. The van der Waals surface area contributed by atoms with Crippen molar-refractivity contribution in [3.8, 4) is 0 Å². The zero-order chi connectivity index (χ0) is 17.2. The molecule has 5 nitrogen and oxygen atoms in total. The molecule has 1 fully saturated rings. The Hall–Kier alpha value is -1.74. The molecule has 130 valence electrons. The molecule has 0 radical (unpaired) electrons. The van der Waals surface area contributed by atoms with Crippen LogP contribution in [-0.4, -0.2) is 52.8 Å². The van der Waals surface area contributed by atoms with Crippen LogP contribution in [0.1, 0.15) is 16.4 Å². The Kier molecular flexibility index (Phi) is 5.00. The van der Waals surface area contributed by atoms with E-state index in [-0.39, 0.29) is 0 Å². The van der Waals surface area contributed by atoms with Crippen LogP contribution in [0.2, 0.25) is 0 Å². The first-order valence-electron chi connectivity index (χ1n) is 7.72. The molecular weight excluding hydrogens is 339 g/mol. The van der Waals surface area contributed by atoms with Gasteiger partial charge in [0, 0.05) is 50.5 Å². The molecule has 2 aromatic rings. The van der Waals surface area contributed by atoms with Gasteiger partial charge in [-0.1, -0.05) is 17.4 Å². The fourth-order valence-electron chi connectivity index (χ4n) is 2.63. The van der Waals surface area contributed by atoms with Crippen molar-refractivity contribution >= 4 is 16.5 Å². The third kappa shape index (κ3) is 4.21. The van der Waals surface area contributed by atoms with Crippen LogP contribution in [0.4, 0.5) is 18.3 Å². The van der Waals surface area contributed by atoms with Gasteiger partial charge in [-0.2, -0.15) is 13.2 Å². The molecule has 1 aliphatic heterocycles. The lowest BCUT2D eigenvalue weighted by molar-refractivity contribution is -0.138. The van der Waals surface area contributed by atoms with E-state index < -0.39 is 11.2 Å². The fourth-order valence-corrected chi connectivity index (χ4v) is 3.40. The monoisotopic (exact) mass is 357 g/mol. The molecule has 0 aliphatic carbocycles. The number of hydrogen-bond acceptors (Lipinski definition) is 6. The number of alkyl halides is 3. The van der Waals surface area contributed by atoms with E-state index in [9.17, 15) is 13.2 Å². The Labute approximate surface area is 142 Å². The molecule has 0 N–H and O–H groups in total. The highest BCUT2D eigenvalue weighted by molar-refractivity contribution is 7.15. The summed E-state index contributed by atoms with van der Waals surface area (Å²) in [7, 11) is 0. The van der Waals surface area contributed by atoms with Gasteiger partial charge in [-0.3, -0.25) is 9.88 Å². The third-order valence-corrected chi connectivity index (χ3v) is 4.96. The quantitative estimate of drug-likeness (QED) is 0.842. The van der Waals surface area contributed by atoms with Crippen molar-refractivity contribution in [2.75, 3.05) is 37.6 Å². The maximum absolute atomic E-state index is 12.6. The molecule has 2 aromatic heterocycles. The van der Waals surface area contributed by atoms with E-state index in [0.29, 0.717) is 29.6 Å². The van der Waals surface area contributed by atoms with E-state index in [1.807, 2.05) is 30.0 Å². The lowest BCUT2D eigenvalue weighted by atomic mass is 10.2. The number of halogens is 3. The predicted octanol–water partition coefficient (Wildman–Crippen LogP) is 2.63. The van der Waals surface area contributed by atoms with E-state index in [0.717, 1.165) is 37.4 Å². The minimum absolute atomic E-state index is 0.349. The maximum atomic E-state index is 12.6. The summed E-state index contributed by atoms with van der Waals surface area (Å²) in [5, 5.41) is 6.39. The number of nitrogens with zero attached hydrogens (tertiary/aromatic N) is 5. The molecule has 0 saturated carbocycles. The lowest BCUT2D eigenvalue weighted by Crippen LogP contribution is -2.47. The third-order valence-electron chi connectivity index (χ3n) is 3.93. The van der Waals surface area contributed by atoms with Gasteiger partial charge in [-0.05, 0) is 19.1 Å². The van der Waals surface area contributed by atoms with Gasteiger partial charge in [0.15, 0.2) is 0 Å². The van der Waals surface area contributed by atoms with Crippen LogP contribution < -0.4 is 4.90 Å². The average Bonchev–Trinajstić information content (AvgIpc) is 3.04. The standard InChI is InChI=1S/C15H18F3N5S/c1-11-3-2-4-12(19-11)5-6-22-7-9-23(10-8-22)14-21-20-13(24-14)15(16,17)18/h2-4H,5-10H2,1H3. The zero-order valence-electron chi connectivity index (χ0n) is 13.3. The van der Waals surface area contributed by atoms with Crippen LogP contribution in [0.15, 0.2) is 18.2 Å². The van der Waals surface area contributed by atoms with Crippen LogP contribution in [0.25, 0.3) is 0 Å². The van der Waals surface area contributed by atoms with Gasteiger partial charge in [0.05, 0.1) is 0 Å². The van der Waals surface area contributed by atoms with Gasteiger partial charge >= 0.3 is 6.18 Å². The van der Waals surface area contributed by atoms with Crippen molar-refractivity contribution in [1.82, 2.24) is 20.1 Å². The number of aryl methyl sites for hydroxylation is 1. The molecule has 24 heavy (non-hydrogen) atoms. The normalized spacial score (nSPS) is 16.6. The van der Waals surface area contributed by atoms with Gasteiger partial charge in [0.25, 0.3) is 0 Å². The molecule has 1 saturated heterocycles. The van der Waals surface area contributed by atoms with E-state index >= 15 is 0 Å². The summed E-state index contributed by atoms with van der Waals surface area (Å²) in [6.07, 6.45) is -3.54. The van der Waals surface area contributed by atoms with Gasteiger partial charge in [0.2, 0.25) is 10.1 Å². The molecule has 0 amide bonds. The minimum Gasteiger partial charge on any atom is -0.344 e. The van der Waals surface area contributed by atoms with Crippen LogP contribution in [0.3, 0.4) is 0 Å². The first-order valence-corrected chi connectivity index (χ1v) is 8.54. The Morgan fingerprint density at radius 2 is 1.88 bits per heavy atom. The number of piperazine rings is 1. The first kappa shape index (κ1) is 17.1. The van der Waals surface area contributed by atoms with E-state index in [2.05, 4.69) is 20.1 Å². The highest BCUT2D eigenvalue weighted by Gasteiger charge is 2.36. The van der Waals surface area contributed by atoms with Crippen molar-refractivity contribution in [1.29, 1.82) is 0 Å². The SMILES string of the molecule is Cc1cccc(CCN2CCN(c3nnc(C(F)(F)F)s3)CC2)n1. The molecule has 0 unspecified atom stereocenters. The second-order valence-electron chi connectivity index (χ2n) is 5.74. The maximum Gasteiger partial charge on any atom is 0.445 e. The second-order valence-corrected chi connectivity index (χ2v) is 6.69. The summed E-state index contributed by atoms with van der Waals surface area (Å²) in [4.78, 5) is 8.65. The van der Waals surface area contributed by atoms with E-state index in [1.165, 1.54) is 0 Å². The molecule has 0 bridgehead atoms. The highest BCUT2D eigenvalue weighted by Crippen LogP contribution is 2.34. The van der Waals surface area contributed by atoms with Gasteiger partial charge in [0.1, 0.15) is 0 Å². The van der Waals surface area contributed by atoms with Crippen LogP contribution in [0, 0.1) is 6.92 Å². The first-order chi connectivity index (χ1) is 11.4. The number of aromatic nitrogens is 3. The zero-order valence-corrected chi connectivity index (χ0v) is 14.1.